The second kappa shape index (κ2) is 12.6. The van der Waals surface area contributed by atoms with E-state index in [-0.39, 0.29) is 0 Å². The van der Waals surface area contributed by atoms with Gasteiger partial charge >= 0.3 is 0 Å². The summed E-state index contributed by atoms with van der Waals surface area (Å²) < 4.78 is 0. The van der Waals surface area contributed by atoms with Crippen molar-refractivity contribution in [1.29, 1.82) is 0 Å². The Morgan fingerprint density at radius 3 is 2.43 bits per heavy atom. The lowest BCUT2D eigenvalue weighted by atomic mass is 9.65. The minimum atomic E-state index is 0.616. The summed E-state index contributed by atoms with van der Waals surface area (Å²) in [5.41, 5.74) is 5.17. The number of likely N-dealkylation sites (tertiary alicyclic amines) is 1. The van der Waals surface area contributed by atoms with Crippen LogP contribution in [0, 0.1) is 41.4 Å². The molecule has 2 heterocycles. The Balaban J connectivity index is 1.05. The minimum Gasteiger partial charge on any atom is -0.386 e. The van der Waals surface area contributed by atoms with E-state index in [1.165, 1.54) is 96.7 Å². The second-order valence-electron chi connectivity index (χ2n) is 14.0. The third kappa shape index (κ3) is 6.68. The summed E-state index contributed by atoms with van der Waals surface area (Å²) in [7, 11) is 0. The van der Waals surface area contributed by atoms with Crippen LogP contribution in [-0.4, -0.2) is 43.2 Å². The molecule has 1 unspecified atom stereocenters. The molecule has 0 aromatic carbocycles. The molecule has 1 saturated heterocycles. The first-order valence-corrected chi connectivity index (χ1v) is 16.6. The van der Waals surface area contributed by atoms with Gasteiger partial charge in [0.15, 0.2) is 0 Å². The molecule has 5 rings (SSSR count). The molecule has 6 atom stereocenters. The molecular formula is C34H59N3. The number of allylic oxidation sites excluding steroid dienone is 3. The first-order valence-electron chi connectivity index (χ1n) is 16.6. The molecule has 2 saturated carbocycles. The van der Waals surface area contributed by atoms with Gasteiger partial charge in [-0.25, -0.2) is 0 Å². The standard InChI is InChI=1S/C34H59N3/c1-6-23(3)31-20-26(7-2)34(36-25(31)5)13-16-35-30-14-17-37(18-15-30)22-29-21-33(28-11-12-28)32(19-24(29)4)27-9-8-10-27/h19,23-25,27-31,33,35-36H,6-18,20-22H2,1-5H3/t23-,24+,25+,29?,31-,33-/m1/s1. The van der Waals surface area contributed by atoms with Gasteiger partial charge in [0.1, 0.15) is 0 Å². The van der Waals surface area contributed by atoms with Gasteiger partial charge in [0, 0.05) is 30.9 Å². The van der Waals surface area contributed by atoms with Crippen LogP contribution < -0.4 is 10.6 Å². The molecule has 5 aliphatic rings. The van der Waals surface area contributed by atoms with Gasteiger partial charge in [-0.15, -0.1) is 0 Å². The second-order valence-corrected chi connectivity index (χ2v) is 14.0. The fourth-order valence-corrected chi connectivity index (χ4v) is 8.35. The predicted octanol–water partition coefficient (Wildman–Crippen LogP) is 7.55. The van der Waals surface area contributed by atoms with E-state index in [0.717, 1.165) is 48.0 Å². The van der Waals surface area contributed by atoms with Gasteiger partial charge in [-0.3, -0.25) is 0 Å². The molecule has 37 heavy (non-hydrogen) atoms. The van der Waals surface area contributed by atoms with Crippen LogP contribution in [0.15, 0.2) is 22.9 Å². The Morgan fingerprint density at radius 2 is 1.81 bits per heavy atom. The number of nitrogens with zero attached hydrogens (tertiary/aromatic N) is 1. The van der Waals surface area contributed by atoms with Crippen molar-refractivity contribution in [2.75, 3.05) is 26.2 Å². The average Bonchev–Trinajstić information content (AvgIpc) is 3.71. The van der Waals surface area contributed by atoms with Gasteiger partial charge in [-0.1, -0.05) is 57.8 Å². The Labute approximate surface area is 229 Å². The molecule has 3 fully saturated rings. The molecule has 2 N–H and O–H groups in total. The highest BCUT2D eigenvalue weighted by atomic mass is 15.1. The van der Waals surface area contributed by atoms with Crippen LogP contribution in [0.4, 0.5) is 0 Å². The lowest BCUT2D eigenvalue weighted by Gasteiger charge is -2.43. The van der Waals surface area contributed by atoms with Crippen LogP contribution in [0.25, 0.3) is 0 Å². The smallest absolute Gasteiger partial charge is 0.0263 e. The van der Waals surface area contributed by atoms with E-state index < -0.39 is 0 Å². The first-order chi connectivity index (χ1) is 18.0. The third-order valence-electron chi connectivity index (χ3n) is 11.6. The number of nitrogens with one attached hydrogen (secondary N) is 2. The van der Waals surface area contributed by atoms with Gasteiger partial charge in [0.25, 0.3) is 0 Å². The topological polar surface area (TPSA) is 27.3 Å². The summed E-state index contributed by atoms with van der Waals surface area (Å²) in [6.45, 7) is 17.2. The molecule has 3 aliphatic carbocycles. The van der Waals surface area contributed by atoms with Crippen LogP contribution in [0.3, 0.4) is 0 Å². The lowest BCUT2D eigenvalue weighted by Crippen LogP contribution is -2.46. The van der Waals surface area contributed by atoms with Crippen molar-refractivity contribution < 1.29 is 0 Å². The maximum Gasteiger partial charge on any atom is 0.0263 e. The van der Waals surface area contributed by atoms with Gasteiger partial charge in [0.05, 0.1) is 0 Å². The molecule has 0 amide bonds. The Kier molecular flexibility index (Phi) is 9.44. The van der Waals surface area contributed by atoms with Crippen molar-refractivity contribution in [3.63, 3.8) is 0 Å². The summed E-state index contributed by atoms with van der Waals surface area (Å²) in [5.74, 6) is 6.24. The molecule has 210 valence electrons. The van der Waals surface area contributed by atoms with Crippen molar-refractivity contribution in [3.05, 3.63) is 22.9 Å². The summed E-state index contributed by atoms with van der Waals surface area (Å²) in [5, 5.41) is 7.89. The summed E-state index contributed by atoms with van der Waals surface area (Å²) in [6.07, 6.45) is 19.4. The van der Waals surface area contributed by atoms with Crippen molar-refractivity contribution in [2.24, 2.45) is 41.4 Å². The molecular weight excluding hydrogens is 450 g/mol. The van der Waals surface area contributed by atoms with Gasteiger partial charge in [-0.2, -0.15) is 0 Å². The van der Waals surface area contributed by atoms with Crippen LogP contribution in [-0.2, 0) is 0 Å². The molecule has 0 aromatic heterocycles. The number of rotatable bonds is 11. The average molecular weight is 510 g/mol. The quantitative estimate of drug-likeness (QED) is 0.282. The van der Waals surface area contributed by atoms with Gasteiger partial charge < -0.3 is 15.5 Å². The molecule has 3 nitrogen and oxygen atoms in total. The zero-order chi connectivity index (χ0) is 25.9. The Bertz CT molecular complexity index is 798. The van der Waals surface area contributed by atoms with E-state index in [4.69, 9.17) is 0 Å². The van der Waals surface area contributed by atoms with E-state index in [1.54, 1.807) is 11.3 Å². The Hall–Kier alpha value is -0.800. The van der Waals surface area contributed by atoms with Crippen molar-refractivity contribution in [2.45, 2.75) is 124 Å². The number of hydrogen-bond donors (Lipinski definition) is 2. The highest BCUT2D eigenvalue weighted by Gasteiger charge is 2.42. The van der Waals surface area contributed by atoms with Crippen LogP contribution in [0.1, 0.15) is 112 Å². The summed E-state index contributed by atoms with van der Waals surface area (Å²) in [4.78, 5) is 2.82. The SMILES string of the molecule is CCC1=C(CCNC2CCN(CC3C[C@H](C4CC4)C(C4CCC4)=C[C@@H]3C)CC2)N[C@@H](C)[C@@H]([C@H](C)CC)C1. The van der Waals surface area contributed by atoms with Crippen LogP contribution >= 0.6 is 0 Å². The molecule has 2 aliphatic heterocycles. The number of piperidine rings is 1. The zero-order valence-electron chi connectivity index (χ0n) is 25.0. The van der Waals surface area contributed by atoms with Crippen molar-refractivity contribution in [3.8, 4) is 0 Å². The van der Waals surface area contributed by atoms with Gasteiger partial charge in [0.2, 0.25) is 0 Å². The minimum absolute atomic E-state index is 0.616. The fourth-order valence-electron chi connectivity index (χ4n) is 8.35. The van der Waals surface area contributed by atoms with Gasteiger partial charge in [-0.05, 0) is 126 Å². The van der Waals surface area contributed by atoms with E-state index in [9.17, 15) is 0 Å². The molecule has 3 heteroatoms. The molecule has 0 radical (unpaired) electrons. The molecule has 0 bridgehead atoms. The maximum atomic E-state index is 3.96. The largest absolute Gasteiger partial charge is 0.386 e. The lowest BCUT2D eigenvalue weighted by molar-refractivity contribution is 0.136. The highest BCUT2D eigenvalue weighted by molar-refractivity contribution is 5.21. The van der Waals surface area contributed by atoms with Crippen LogP contribution in [0.2, 0.25) is 0 Å². The van der Waals surface area contributed by atoms with Crippen LogP contribution in [0.5, 0.6) is 0 Å². The van der Waals surface area contributed by atoms with E-state index in [0.29, 0.717) is 12.1 Å². The zero-order valence-corrected chi connectivity index (χ0v) is 25.0. The normalized spacial score (nSPS) is 35.2. The third-order valence-corrected chi connectivity index (χ3v) is 11.6. The number of hydrogen-bond acceptors (Lipinski definition) is 3. The van der Waals surface area contributed by atoms with Crippen molar-refractivity contribution >= 4 is 0 Å². The molecule has 0 spiro atoms. The van der Waals surface area contributed by atoms with E-state index in [1.807, 2.05) is 5.57 Å². The van der Waals surface area contributed by atoms with E-state index in [2.05, 4.69) is 56.2 Å². The fraction of sp³-hybridized carbons (Fsp3) is 0.882. The Morgan fingerprint density at radius 1 is 1.05 bits per heavy atom. The highest BCUT2D eigenvalue weighted by Crippen LogP contribution is 2.52. The predicted molar refractivity (Wildman–Crippen MR) is 158 cm³/mol. The summed E-state index contributed by atoms with van der Waals surface area (Å²) >= 11 is 0. The van der Waals surface area contributed by atoms with E-state index >= 15 is 0 Å². The molecule has 0 aromatic rings. The maximum absolute atomic E-state index is 3.96. The first kappa shape index (κ1) is 27.8. The summed E-state index contributed by atoms with van der Waals surface area (Å²) in [6, 6.07) is 1.33. The van der Waals surface area contributed by atoms with Crippen molar-refractivity contribution in [1.82, 2.24) is 15.5 Å². The monoisotopic (exact) mass is 509 g/mol.